The van der Waals surface area contributed by atoms with Crippen molar-refractivity contribution in [3.63, 3.8) is 0 Å². The lowest BCUT2D eigenvalue weighted by Gasteiger charge is -2.06. The Bertz CT molecular complexity index is 581. The minimum Gasteiger partial charge on any atom is -0.399 e. The van der Waals surface area contributed by atoms with Gasteiger partial charge in [0.1, 0.15) is 0 Å². The van der Waals surface area contributed by atoms with E-state index in [0.717, 1.165) is 43.5 Å². The normalized spacial score (nSPS) is 10.4. The molecular formula is C19H24N2O. The fraction of sp³-hybridized carbons (Fsp3) is 0.316. The predicted molar refractivity (Wildman–Crippen MR) is 91.6 cm³/mol. The number of rotatable bonds is 8. The number of benzene rings is 2. The molecule has 2 aromatic carbocycles. The third-order valence-corrected chi connectivity index (χ3v) is 3.65. The van der Waals surface area contributed by atoms with Crippen molar-refractivity contribution < 1.29 is 4.79 Å². The van der Waals surface area contributed by atoms with E-state index in [0.29, 0.717) is 6.42 Å². The van der Waals surface area contributed by atoms with Gasteiger partial charge < -0.3 is 11.1 Å². The second-order valence-corrected chi connectivity index (χ2v) is 5.54. The molecule has 0 saturated heterocycles. The number of amides is 1. The third kappa shape index (κ3) is 6.00. The van der Waals surface area contributed by atoms with E-state index in [4.69, 9.17) is 5.73 Å². The molecule has 1 amide bonds. The monoisotopic (exact) mass is 296 g/mol. The number of nitrogen functional groups attached to an aromatic ring is 1. The van der Waals surface area contributed by atoms with E-state index in [2.05, 4.69) is 29.6 Å². The standard InChI is InChI=1S/C19H24N2O/c20-18-11-6-10-17(15-18)12-13-19(22)21-14-5-4-9-16-7-2-1-3-8-16/h1-3,6-8,10-11,15H,4-5,9,12-14,20H2,(H,21,22). The molecule has 0 aliphatic heterocycles. The molecule has 3 heteroatoms. The molecule has 0 aliphatic carbocycles. The molecule has 116 valence electrons. The second-order valence-electron chi connectivity index (χ2n) is 5.54. The van der Waals surface area contributed by atoms with E-state index in [9.17, 15) is 4.79 Å². The van der Waals surface area contributed by atoms with Crippen LogP contribution < -0.4 is 11.1 Å². The lowest BCUT2D eigenvalue weighted by molar-refractivity contribution is -0.121. The first-order chi connectivity index (χ1) is 10.7. The fourth-order valence-electron chi connectivity index (χ4n) is 2.42. The van der Waals surface area contributed by atoms with Crippen molar-refractivity contribution in [2.24, 2.45) is 0 Å². The van der Waals surface area contributed by atoms with Crippen LogP contribution in [-0.4, -0.2) is 12.5 Å². The Morgan fingerprint density at radius 3 is 2.45 bits per heavy atom. The maximum absolute atomic E-state index is 11.8. The summed E-state index contributed by atoms with van der Waals surface area (Å²) in [6, 6.07) is 18.2. The van der Waals surface area contributed by atoms with Crippen LogP contribution in [0.5, 0.6) is 0 Å². The molecule has 0 radical (unpaired) electrons. The van der Waals surface area contributed by atoms with E-state index in [1.807, 2.05) is 30.3 Å². The Hall–Kier alpha value is -2.29. The molecule has 0 bridgehead atoms. The molecule has 0 unspecified atom stereocenters. The number of nitrogens with two attached hydrogens (primary N) is 1. The summed E-state index contributed by atoms with van der Waals surface area (Å²) in [6.07, 6.45) is 4.43. The molecule has 0 saturated carbocycles. The zero-order valence-corrected chi connectivity index (χ0v) is 12.9. The van der Waals surface area contributed by atoms with Crippen LogP contribution in [0, 0.1) is 0 Å². The van der Waals surface area contributed by atoms with Crippen molar-refractivity contribution in [1.29, 1.82) is 0 Å². The topological polar surface area (TPSA) is 55.1 Å². The number of anilines is 1. The number of hydrogen-bond donors (Lipinski definition) is 2. The van der Waals surface area contributed by atoms with Crippen molar-refractivity contribution >= 4 is 11.6 Å². The van der Waals surface area contributed by atoms with Crippen molar-refractivity contribution in [2.75, 3.05) is 12.3 Å². The van der Waals surface area contributed by atoms with Crippen LogP contribution in [0.3, 0.4) is 0 Å². The molecule has 3 nitrogen and oxygen atoms in total. The van der Waals surface area contributed by atoms with Gasteiger partial charge in [0.05, 0.1) is 0 Å². The smallest absolute Gasteiger partial charge is 0.220 e. The third-order valence-electron chi connectivity index (χ3n) is 3.65. The van der Waals surface area contributed by atoms with Gasteiger partial charge in [-0.15, -0.1) is 0 Å². The fourth-order valence-corrected chi connectivity index (χ4v) is 2.42. The highest BCUT2D eigenvalue weighted by molar-refractivity contribution is 5.76. The minimum atomic E-state index is 0.113. The van der Waals surface area contributed by atoms with Crippen LogP contribution in [0.15, 0.2) is 54.6 Å². The number of carbonyl (C=O) groups is 1. The van der Waals surface area contributed by atoms with E-state index >= 15 is 0 Å². The molecule has 0 fully saturated rings. The van der Waals surface area contributed by atoms with E-state index in [-0.39, 0.29) is 5.91 Å². The van der Waals surface area contributed by atoms with Crippen LogP contribution in [-0.2, 0) is 17.6 Å². The zero-order chi connectivity index (χ0) is 15.6. The molecule has 0 heterocycles. The van der Waals surface area contributed by atoms with E-state index in [1.165, 1.54) is 5.56 Å². The first-order valence-corrected chi connectivity index (χ1v) is 7.89. The first kappa shape index (κ1) is 16.1. The van der Waals surface area contributed by atoms with E-state index in [1.54, 1.807) is 0 Å². The van der Waals surface area contributed by atoms with Crippen LogP contribution >= 0.6 is 0 Å². The Morgan fingerprint density at radius 1 is 0.909 bits per heavy atom. The highest BCUT2D eigenvalue weighted by Gasteiger charge is 2.02. The number of unbranched alkanes of at least 4 members (excludes halogenated alkanes) is 1. The summed E-state index contributed by atoms with van der Waals surface area (Å²) in [4.78, 5) is 11.8. The molecule has 0 atom stereocenters. The number of hydrogen-bond acceptors (Lipinski definition) is 2. The molecule has 2 rings (SSSR count). The highest BCUT2D eigenvalue weighted by atomic mass is 16.1. The summed E-state index contributed by atoms with van der Waals surface area (Å²) >= 11 is 0. The maximum Gasteiger partial charge on any atom is 0.220 e. The first-order valence-electron chi connectivity index (χ1n) is 7.89. The molecule has 2 aromatic rings. The van der Waals surface area contributed by atoms with Gasteiger partial charge in [-0.1, -0.05) is 42.5 Å². The number of carbonyl (C=O) groups excluding carboxylic acids is 1. The largest absolute Gasteiger partial charge is 0.399 e. The summed E-state index contributed by atoms with van der Waals surface area (Å²) in [5, 5.41) is 2.98. The second kappa shape index (κ2) is 8.88. The van der Waals surface area contributed by atoms with Gasteiger partial charge in [-0.2, -0.15) is 0 Å². The summed E-state index contributed by atoms with van der Waals surface area (Å²) in [6.45, 7) is 0.753. The van der Waals surface area contributed by atoms with Gasteiger partial charge in [-0.05, 0) is 48.9 Å². The van der Waals surface area contributed by atoms with Crippen LogP contribution in [0.25, 0.3) is 0 Å². The van der Waals surface area contributed by atoms with Crippen molar-refractivity contribution in [1.82, 2.24) is 5.32 Å². The van der Waals surface area contributed by atoms with E-state index < -0.39 is 0 Å². The Morgan fingerprint density at radius 2 is 1.68 bits per heavy atom. The molecule has 0 spiro atoms. The van der Waals surface area contributed by atoms with Gasteiger partial charge in [-0.3, -0.25) is 4.79 Å². The molecule has 3 N–H and O–H groups in total. The lowest BCUT2D eigenvalue weighted by atomic mass is 10.1. The van der Waals surface area contributed by atoms with Crippen molar-refractivity contribution in [3.8, 4) is 0 Å². The number of nitrogens with one attached hydrogen (secondary N) is 1. The SMILES string of the molecule is Nc1cccc(CCC(=O)NCCCCc2ccccc2)c1. The van der Waals surface area contributed by atoms with Crippen LogP contribution in [0.4, 0.5) is 5.69 Å². The van der Waals surface area contributed by atoms with Crippen molar-refractivity contribution in [3.05, 3.63) is 65.7 Å². The highest BCUT2D eigenvalue weighted by Crippen LogP contribution is 2.08. The van der Waals surface area contributed by atoms with Gasteiger partial charge >= 0.3 is 0 Å². The predicted octanol–water partition coefficient (Wildman–Crippen LogP) is 3.34. The molecular weight excluding hydrogens is 272 g/mol. The molecule has 0 aliphatic rings. The maximum atomic E-state index is 11.8. The Kier molecular flexibility index (Phi) is 6.49. The van der Waals surface area contributed by atoms with Gasteiger partial charge in [0, 0.05) is 18.7 Å². The quantitative estimate of drug-likeness (QED) is 0.580. The average molecular weight is 296 g/mol. The summed E-state index contributed by atoms with van der Waals surface area (Å²) in [7, 11) is 0. The molecule has 22 heavy (non-hydrogen) atoms. The van der Waals surface area contributed by atoms with Gasteiger partial charge in [0.15, 0.2) is 0 Å². The Labute approximate surface area is 132 Å². The van der Waals surface area contributed by atoms with Crippen molar-refractivity contribution in [2.45, 2.75) is 32.1 Å². The lowest BCUT2D eigenvalue weighted by Crippen LogP contribution is -2.24. The summed E-state index contributed by atoms with van der Waals surface area (Å²) < 4.78 is 0. The summed E-state index contributed by atoms with van der Waals surface area (Å²) in [5.74, 6) is 0.113. The zero-order valence-electron chi connectivity index (χ0n) is 12.9. The minimum absolute atomic E-state index is 0.113. The van der Waals surface area contributed by atoms with Gasteiger partial charge in [0.2, 0.25) is 5.91 Å². The average Bonchev–Trinajstić information content (AvgIpc) is 2.54. The van der Waals surface area contributed by atoms with Crippen LogP contribution in [0.1, 0.15) is 30.4 Å². The number of aryl methyl sites for hydroxylation is 2. The van der Waals surface area contributed by atoms with Gasteiger partial charge in [-0.25, -0.2) is 0 Å². The van der Waals surface area contributed by atoms with Crippen LogP contribution in [0.2, 0.25) is 0 Å². The van der Waals surface area contributed by atoms with Gasteiger partial charge in [0.25, 0.3) is 0 Å². The Balaban J connectivity index is 1.56. The summed E-state index contributed by atoms with van der Waals surface area (Å²) in [5.41, 5.74) is 8.94. The molecule has 0 aromatic heterocycles.